The van der Waals surface area contributed by atoms with Crippen LogP contribution in [-0.4, -0.2) is 23.5 Å². The number of thiazole rings is 1. The number of benzene rings is 1. The highest BCUT2D eigenvalue weighted by Crippen LogP contribution is 2.29. The van der Waals surface area contributed by atoms with Gasteiger partial charge in [0.25, 0.3) is 5.91 Å². The summed E-state index contributed by atoms with van der Waals surface area (Å²) in [6.45, 7) is 1.27. The van der Waals surface area contributed by atoms with Crippen molar-refractivity contribution in [3.05, 3.63) is 52.0 Å². The lowest BCUT2D eigenvalue weighted by Crippen LogP contribution is -2.20. The first-order valence-corrected chi connectivity index (χ1v) is 7.86. The highest BCUT2D eigenvalue weighted by atomic mass is 32.1. The Morgan fingerprint density at radius 2 is 1.96 bits per heavy atom. The van der Waals surface area contributed by atoms with Crippen LogP contribution in [0.15, 0.2) is 35.7 Å². The molecular weight excluding hydrogens is 357 g/mol. The van der Waals surface area contributed by atoms with Gasteiger partial charge in [0.1, 0.15) is 0 Å². The molecule has 2 aromatic rings. The van der Waals surface area contributed by atoms with Crippen LogP contribution in [0.1, 0.15) is 16.3 Å². The molecule has 9 heteroatoms. The van der Waals surface area contributed by atoms with Gasteiger partial charge in [-0.15, -0.1) is 11.3 Å². The third-order valence-corrected chi connectivity index (χ3v) is 3.66. The van der Waals surface area contributed by atoms with Gasteiger partial charge in [-0.3, -0.25) is 4.79 Å². The number of nitrogens with zero attached hydrogens (tertiary/aromatic N) is 1. The topological polar surface area (TPSA) is 68.3 Å². The van der Waals surface area contributed by atoms with Gasteiger partial charge in [-0.05, 0) is 37.3 Å². The monoisotopic (exact) mass is 370 g/mol. The summed E-state index contributed by atoms with van der Waals surface area (Å²) in [5, 5.41) is 4.95. The van der Waals surface area contributed by atoms with Crippen molar-refractivity contribution >= 4 is 35.0 Å². The molecule has 1 amide bonds. The van der Waals surface area contributed by atoms with Crippen molar-refractivity contribution in [3.8, 4) is 0 Å². The van der Waals surface area contributed by atoms with E-state index in [1.807, 2.05) is 6.92 Å². The number of aryl methyl sites for hydroxylation is 1. The molecule has 0 saturated carbocycles. The zero-order valence-corrected chi connectivity index (χ0v) is 13.8. The number of rotatable bonds is 5. The fraction of sp³-hybridized carbons (Fsp3) is 0.188. The van der Waals surface area contributed by atoms with E-state index in [-0.39, 0.29) is 5.69 Å². The van der Waals surface area contributed by atoms with Crippen molar-refractivity contribution in [1.29, 1.82) is 0 Å². The molecule has 5 nitrogen and oxygen atoms in total. The minimum Gasteiger partial charge on any atom is -0.452 e. The predicted molar refractivity (Wildman–Crippen MR) is 86.9 cm³/mol. The molecule has 25 heavy (non-hydrogen) atoms. The van der Waals surface area contributed by atoms with Crippen LogP contribution < -0.4 is 5.32 Å². The Kier molecular flexibility index (Phi) is 5.92. The van der Waals surface area contributed by atoms with Gasteiger partial charge in [-0.2, -0.15) is 13.2 Å². The largest absolute Gasteiger partial charge is 0.452 e. The quantitative estimate of drug-likeness (QED) is 0.644. The maximum Gasteiger partial charge on any atom is 0.416 e. The Morgan fingerprint density at radius 1 is 1.28 bits per heavy atom. The van der Waals surface area contributed by atoms with Crippen molar-refractivity contribution in [2.75, 3.05) is 11.9 Å². The van der Waals surface area contributed by atoms with E-state index in [0.29, 0.717) is 5.69 Å². The number of hydrogen-bond acceptors (Lipinski definition) is 5. The average Bonchev–Trinajstić information content (AvgIpc) is 2.96. The van der Waals surface area contributed by atoms with E-state index in [9.17, 15) is 22.8 Å². The van der Waals surface area contributed by atoms with E-state index in [1.54, 1.807) is 5.38 Å². The van der Waals surface area contributed by atoms with Gasteiger partial charge >= 0.3 is 12.1 Å². The van der Waals surface area contributed by atoms with Crippen LogP contribution in [0.2, 0.25) is 0 Å². The predicted octanol–water partition coefficient (Wildman–Crippen LogP) is 3.67. The zero-order chi connectivity index (χ0) is 18.4. The van der Waals surface area contributed by atoms with E-state index in [4.69, 9.17) is 4.74 Å². The van der Waals surface area contributed by atoms with E-state index < -0.39 is 30.2 Å². The van der Waals surface area contributed by atoms with Crippen LogP contribution in [0.25, 0.3) is 6.08 Å². The molecule has 132 valence electrons. The lowest BCUT2D eigenvalue weighted by Gasteiger charge is -2.08. The van der Waals surface area contributed by atoms with Crippen molar-refractivity contribution in [2.45, 2.75) is 13.1 Å². The lowest BCUT2D eigenvalue weighted by atomic mass is 10.2. The maximum absolute atomic E-state index is 12.4. The highest BCUT2D eigenvalue weighted by molar-refractivity contribution is 7.09. The summed E-state index contributed by atoms with van der Waals surface area (Å²) in [6, 6.07) is 3.93. The number of anilines is 1. The third-order valence-electron chi connectivity index (χ3n) is 2.87. The zero-order valence-electron chi connectivity index (χ0n) is 13.0. The number of carbonyl (C=O) groups is 2. The van der Waals surface area contributed by atoms with Gasteiger partial charge in [0, 0.05) is 17.1 Å². The number of nitrogens with one attached hydrogen (secondary N) is 1. The Hall–Kier alpha value is -2.68. The van der Waals surface area contributed by atoms with Crippen molar-refractivity contribution in [2.24, 2.45) is 0 Å². The Balaban J connectivity index is 1.80. The smallest absolute Gasteiger partial charge is 0.416 e. The summed E-state index contributed by atoms with van der Waals surface area (Å²) >= 11 is 1.43. The van der Waals surface area contributed by atoms with Crippen molar-refractivity contribution in [3.63, 3.8) is 0 Å². The van der Waals surface area contributed by atoms with Gasteiger partial charge < -0.3 is 10.1 Å². The fourth-order valence-electron chi connectivity index (χ4n) is 1.73. The fourth-order valence-corrected chi connectivity index (χ4v) is 2.32. The van der Waals surface area contributed by atoms with Crippen LogP contribution in [0, 0.1) is 6.92 Å². The van der Waals surface area contributed by atoms with Gasteiger partial charge in [0.2, 0.25) is 0 Å². The molecule has 1 heterocycles. The molecule has 2 rings (SSSR count). The van der Waals surface area contributed by atoms with Crippen LogP contribution in [-0.2, 0) is 20.5 Å². The molecule has 0 aliphatic carbocycles. The van der Waals surface area contributed by atoms with Gasteiger partial charge in [-0.1, -0.05) is 0 Å². The van der Waals surface area contributed by atoms with Crippen LogP contribution >= 0.6 is 11.3 Å². The summed E-state index contributed by atoms with van der Waals surface area (Å²) in [5.41, 5.74) is -0.0458. The Morgan fingerprint density at radius 3 is 2.52 bits per heavy atom. The van der Waals surface area contributed by atoms with E-state index in [1.165, 1.54) is 17.4 Å². The SMILES string of the molecule is Cc1nc(/C=C/C(=O)OCC(=O)Nc2ccc(C(F)(F)F)cc2)cs1. The minimum atomic E-state index is -4.44. The number of amides is 1. The van der Waals surface area contributed by atoms with E-state index in [0.717, 1.165) is 35.3 Å². The Labute approximate surface area is 145 Å². The van der Waals surface area contributed by atoms with Crippen molar-refractivity contribution < 1.29 is 27.5 Å². The molecule has 0 radical (unpaired) electrons. The average molecular weight is 370 g/mol. The first-order valence-electron chi connectivity index (χ1n) is 6.98. The first-order chi connectivity index (χ1) is 11.7. The maximum atomic E-state index is 12.4. The number of ether oxygens (including phenoxy) is 1. The second-order valence-electron chi connectivity index (χ2n) is 4.86. The van der Waals surface area contributed by atoms with Gasteiger partial charge in [0.15, 0.2) is 6.61 Å². The molecule has 0 aliphatic rings. The molecule has 1 aromatic heterocycles. The summed E-state index contributed by atoms with van der Waals surface area (Å²) in [4.78, 5) is 27.3. The minimum absolute atomic E-state index is 0.169. The molecule has 0 spiro atoms. The van der Waals surface area contributed by atoms with E-state index >= 15 is 0 Å². The summed E-state index contributed by atoms with van der Waals surface area (Å²) < 4.78 is 42.0. The van der Waals surface area contributed by atoms with E-state index in [2.05, 4.69) is 10.3 Å². The molecule has 0 aliphatic heterocycles. The number of halogens is 3. The second kappa shape index (κ2) is 7.93. The standard InChI is InChI=1S/C16H13F3N2O3S/c1-10-20-13(9-25-10)6-7-15(23)24-8-14(22)21-12-4-2-11(3-5-12)16(17,18)19/h2-7,9H,8H2,1H3,(H,21,22)/b7-6+. The molecule has 0 atom stereocenters. The summed E-state index contributed by atoms with van der Waals surface area (Å²) in [6.07, 6.45) is -1.85. The molecule has 0 saturated heterocycles. The molecular formula is C16H13F3N2O3S. The number of aromatic nitrogens is 1. The second-order valence-corrected chi connectivity index (χ2v) is 5.92. The number of esters is 1. The molecule has 1 aromatic carbocycles. The summed E-state index contributed by atoms with van der Waals surface area (Å²) in [7, 11) is 0. The van der Waals surface area contributed by atoms with Crippen LogP contribution in [0.4, 0.5) is 18.9 Å². The normalized spacial score (nSPS) is 11.5. The third kappa shape index (κ3) is 6.03. The molecule has 0 unspecified atom stereocenters. The Bertz CT molecular complexity index is 783. The highest BCUT2D eigenvalue weighted by Gasteiger charge is 2.29. The van der Waals surface area contributed by atoms with Crippen molar-refractivity contribution in [1.82, 2.24) is 4.98 Å². The molecule has 0 bridgehead atoms. The molecule has 1 N–H and O–H groups in total. The molecule has 0 fully saturated rings. The number of carbonyl (C=O) groups excluding carboxylic acids is 2. The summed E-state index contributed by atoms with van der Waals surface area (Å²) in [5.74, 6) is -1.39. The van der Waals surface area contributed by atoms with Crippen LogP contribution in [0.3, 0.4) is 0 Å². The first kappa shape index (κ1) is 18.7. The van der Waals surface area contributed by atoms with Gasteiger partial charge in [-0.25, -0.2) is 9.78 Å². The number of hydrogen-bond donors (Lipinski definition) is 1. The number of alkyl halides is 3. The lowest BCUT2D eigenvalue weighted by molar-refractivity contribution is -0.142. The van der Waals surface area contributed by atoms with Crippen LogP contribution in [0.5, 0.6) is 0 Å². The van der Waals surface area contributed by atoms with Gasteiger partial charge in [0.05, 0.1) is 16.3 Å².